The third-order valence-electron chi connectivity index (χ3n) is 4.96. The Balaban J connectivity index is 1.61. The van der Waals surface area contributed by atoms with E-state index in [-0.39, 0.29) is 18.1 Å². The van der Waals surface area contributed by atoms with Gasteiger partial charge in [-0.25, -0.2) is 4.39 Å². The van der Waals surface area contributed by atoms with E-state index < -0.39 is 11.7 Å². The number of carbonyl (C=O) groups excluding carboxylic acids is 2. The van der Waals surface area contributed by atoms with E-state index in [0.29, 0.717) is 30.8 Å². The fourth-order valence-corrected chi connectivity index (χ4v) is 3.41. The summed E-state index contributed by atoms with van der Waals surface area (Å²) in [6.45, 7) is 1.64. The standard InChI is InChI=1S/C22H25FN2O3/c23-19-15-16(11-14-28-20-8-4-3-7-18(20)21(24)26)9-10-17(19)22(27)25-12-5-1-2-6-13-25/h3-4,7-10,15H,1-2,5-6,11-14H2,(H2,24,26). The summed E-state index contributed by atoms with van der Waals surface area (Å²) in [7, 11) is 0. The van der Waals surface area contributed by atoms with Crippen molar-refractivity contribution in [3.8, 4) is 5.75 Å². The second kappa shape index (κ2) is 9.35. The SMILES string of the molecule is NC(=O)c1ccccc1OCCc1ccc(C(=O)N2CCCCCC2)c(F)c1. The lowest BCUT2D eigenvalue weighted by Crippen LogP contribution is -2.32. The number of halogens is 1. The topological polar surface area (TPSA) is 72.6 Å². The van der Waals surface area contributed by atoms with E-state index in [1.807, 2.05) is 0 Å². The lowest BCUT2D eigenvalue weighted by molar-refractivity contribution is 0.0756. The van der Waals surface area contributed by atoms with E-state index in [9.17, 15) is 14.0 Å². The van der Waals surface area contributed by atoms with Crippen molar-refractivity contribution < 1.29 is 18.7 Å². The smallest absolute Gasteiger partial charge is 0.256 e. The Morgan fingerprint density at radius 3 is 2.39 bits per heavy atom. The van der Waals surface area contributed by atoms with Gasteiger partial charge in [0.25, 0.3) is 11.8 Å². The number of ether oxygens (including phenoxy) is 1. The molecule has 0 aliphatic carbocycles. The molecular weight excluding hydrogens is 359 g/mol. The maximum Gasteiger partial charge on any atom is 0.256 e. The molecule has 0 aromatic heterocycles. The number of carbonyl (C=O) groups is 2. The van der Waals surface area contributed by atoms with Crippen molar-refractivity contribution in [2.75, 3.05) is 19.7 Å². The third-order valence-corrected chi connectivity index (χ3v) is 4.96. The van der Waals surface area contributed by atoms with Crippen LogP contribution in [0.3, 0.4) is 0 Å². The number of nitrogens with two attached hydrogens (primary N) is 1. The number of likely N-dealkylation sites (tertiary alicyclic amines) is 1. The molecular formula is C22H25FN2O3. The molecule has 1 heterocycles. The first kappa shape index (κ1) is 19.9. The zero-order valence-electron chi connectivity index (χ0n) is 15.8. The van der Waals surface area contributed by atoms with E-state index in [0.717, 1.165) is 31.2 Å². The molecule has 2 N–H and O–H groups in total. The van der Waals surface area contributed by atoms with Gasteiger partial charge in [-0.2, -0.15) is 0 Å². The van der Waals surface area contributed by atoms with Gasteiger partial charge < -0.3 is 15.4 Å². The number of primary amides is 1. The predicted molar refractivity (Wildman–Crippen MR) is 105 cm³/mol. The van der Waals surface area contributed by atoms with Gasteiger partial charge in [0.15, 0.2) is 0 Å². The van der Waals surface area contributed by atoms with Gasteiger partial charge in [-0.1, -0.05) is 31.0 Å². The van der Waals surface area contributed by atoms with Gasteiger partial charge in [0.2, 0.25) is 0 Å². The summed E-state index contributed by atoms with van der Waals surface area (Å²) in [6, 6.07) is 11.4. The molecule has 0 radical (unpaired) electrons. The van der Waals surface area contributed by atoms with Crippen LogP contribution in [0.4, 0.5) is 4.39 Å². The minimum absolute atomic E-state index is 0.116. The molecule has 0 bridgehead atoms. The molecule has 148 valence electrons. The monoisotopic (exact) mass is 384 g/mol. The first-order valence-electron chi connectivity index (χ1n) is 9.65. The minimum atomic E-state index is -0.557. The number of rotatable bonds is 6. The first-order valence-corrected chi connectivity index (χ1v) is 9.65. The van der Waals surface area contributed by atoms with Gasteiger partial charge in [0.05, 0.1) is 17.7 Å². The molecule has 5 nitrogen and oxygen atoms in total. The summed E-state index contributed by atoms with van der Waals surface area (Å²) in [5, 5.41) is 0. The largest absolute Gasteiger partial charge is 0.492 e. The van der Waals surface area contributed by atoms with Gasteiger partial charge in [-0.3, -0.25) is 9.59 Å². The average Bonchev–Trinajstić information content (AvgIpc) is 2.97. The summed E-state index contributed by atoms with van der Waals surface area (Å²) < 4.78 is 20.2. The maximum absolute atomic E-state index is 14.5. The van der Waals surface area contributed by atoms with Crippen LogP contribution in [0.15, 0.2) is 42.5 Å². The Kier molecular flexibility index (Phi) is 6.63. The zero-order valence-corrected chi connectivity index (χ0v) is 15.8. The minimum Gasteiger partial charge on any atom is -0.492 e. The maximum atomic E-state index is 14.5. The molecule has 1 aliphatic rings. The lowest BCUT2D eigenvalue weighted by Gasteiger charge is -2.20. The van der Waals surface area contributed by atoms with E-state index in [1.54, 1.807) is 41.3 Å². The molecule has 28 heavy (non-hydrogen) atoms. The molecule has 2 aromatic rings. The van der Waals surface area contributed by atoms with Crippen LogP contribution in [0, 0.1) is 5.82 Å². The normalized spacial score (nSPS) is 14.4. The second-order valence-electron chi connectivity index (χ2n) is 6.98. The summed E-state index contributed by atoms with van der Waals surface area (Å²) >= 11 is 0. The van der Waals surface area contributed by atoms with Crippen molar-refractivity contribution in [1.82, 2.24) is 4.90 Å². The molecule has 1 fully saturated rings. The van der Waals surface area contributed by atoms with Crippen molar-refractivity contribution in [2.24, 2.45) is 5.73 Å². The summed E-state index contributed by atoms with van der Waals surface area (Å²) in [5.41, 5.74) is 6.48. The Labute approximate surface area is 164 Å². The van der Waals surface area contributed by atoms with Crippen LogP contribution < -0.4 is 10.5 Å². The fourth-order valence-electron chi connectivity index (χ4n) is 3.41. The summed E-state index contributed by atoms with van der Waals surface area (Å²) in [6.07, 6.45) is 4.61. The Bertz CT molecular complexity index is 845. The van der Waals surface area contributed by atoms with E-state index in [2.05, 4.69) is 0 Å². The Hall–Kier alpha value is -2.89. The molecule has 2 amide bonds. The summed E-state index contributed by atoms with van der Waals surface area (Å²) in [5.74, 6) is -0.900. The van der Waals surface area contributed by atoms with Gasteiger partial charge in [-0.05, 0) is 42.7 Å². The van der Waals surface area contributed by atoms with Crippen molar-refractivity contribution in [3.05, 3.63) is 65.0 Å². The van der Waals surface area contributed by atoms with Crippen LogP contribution in [0.25, 0.3) is 0 Å². The highest BCUT2D eigenvalue weighted by Gasteiger charge is 2.20. The number of nitrogens with zero attached hydrogens (tertiary/aromatic N) is 1. The van der Waals surface area contributed by atoms with Gasteiger partial charge in [-0.15, -0.1) is 0 Å². The highest BCUT2D eigenvalue weighted by Crippen LogP contribution is 2.19. The van der Waals surface area contributed by atoms with Crippen molar-refractivity contribution in [2.45, 2.75) is 32.1 Å². The van der Waals surface area contributed by atoms with E-state index in [4.69, 9.17) is 10.5 Å². The molecule has 2 aromatic carbocycles. The van der Waals surface area contributed by atoms with Gasteiger partial charge in [0.1, 0.15) is 11.6 Å². The molecule has 1 aliphatic heterocycles. The lowest BCUT2D eigenvalue weighted by atomic mass is 10.1. The number of para-hydroxylation sites is 1. The highest BCUT2D eigenvalue weighted by molar-refractivity contribution is 5.95. The van der Waals surface area contributed by atoms with E-state index >= 15 is 0 Å². The first-order chi connectivity index (χ1) is 13.6. The Morgan fingerprint density at radius 1 is 1.00 bits per heavy atom. The molecule has 3 rings (SSSR count). The number of hydrogen-bond donors (Lipinski definition) is 1. The molecule has 0 unspecified atom stereocenters. The van der Waals surface area contributed by atoms with Crippen LogP contribution in [0.2, 0.25) is 0 Å². The second-order valence-corrected chi connectivity index (χ2v) is 6.98. The number of amides is 2. The van der Waals surface area contributed by atoms with Crippen molar-refractivity contribution in [1.29, 1.82) is 0 Å². The molecule has 0 saturated carbocycles. The quantitative estimate of drug-likeness (QED) is 0.828. The predicted octanol–water partition coefficient (Wildman–Crippen LogP) is 3.56. The zero-order chi connectivity index (χ0) is 19.9. The number of benzene rings is 2. The van der Waals surface area contributed by atoms with Gasteiger partial charge >= 0.3 is 0 Å². The molecule has 0 atom stereocenters. The van der Waals surface area contributed by atoms with Crippen molar-refractivity contribution >= 4 is 11.8 Å². The van der Waals surface area contributed by atoms with Crippen molar-refractivity contribution in [3.63, 3.8) is 0 Å². The fraction of sp³-hybridized carbons (Fsp3) is 0.364. The number of hydrogen-bond acceptors (Lipinski definition) is 3. The molecule has 0 spiro atoms. The van der Waals surface area contributed by atoms with E-state index in [1.165, 1.54) is 6.07 Å². The van der Waals surface area contributed by atoms with Crippen LogP contribution in [0.5, 0.6) is 5.75 Å². The third kappa shape index (κ3) is 4.88. The van der Waals surface area contributed by atoms with Crippen LogP contribution >= 0.6 is 0 Å². The summed E-state index contributed by atoms with van der Waals surface area (Å²) in [4.78, 5) is 25.8. The van der Waals surface area contributed by atoms with Crippen LogP contribution in [-0.4, -0.2) is 36.4 Å². The molecule has 1 saturated heterocycles. The van der Waals surface area contributed by atoms with Crippen LogP contribution in [0.1, 0.15) is 52.0 Å². The highest BCUT2D eigenvalue weighted by atomic mass is 19.1. The average molecular weight is 384 g/mol. The van der Waals surface area contributed by atoms with Crippen LogP contribution in [-0.2, 0) is 6.42 Å². The Morgan fingerprint density at radius 2 is 1.71 bits per heavy atom. The van der Waals surface area contributed by atoms with Gasteiger partial charge in [0, 0.05) is 19.5 Å². The molecule has 6 heteroatoms.